The normalized spacial score (nSPS) is 11.8. The molecule has 1 aromatic rings. The molecule has 110 valence electrons. The van der Waals surface area contributed by atoms with Crippen LogP contribution < -0.4 is 4.72 Å². The van der Waals surface area contributed by atoms with Crippen LogP contribution >= 0.6 is 0 Å². The van der Waals surface area contributed by atoms with Crippen LogP contribution in [0.5, 0.6) is 0 Å². The Morgan fingerprint density at radius 2 is 1.95 bits per heavy atom. The zero-order chi connectivity index (χ0) is 15.4. The summed E-state index contributed by atoms with van der Waals surface area (Å²) >= 11 is 0. The van der Waals surface area contributed by atoms with Gasteiger partial charge in [-0.2, -0.15) is 0 Å². The Labute approximate surface area is 121 Å². The summed E-state index contributed by atoms with van der Waals surface area (Å²) in [5.41, 5.74) is 0.836. The maximum absolute atomic E-state index is 12.4. The average molecular weight is 295 g/mol. The number of aliphatic hydroxyl groups is 1. The van der Waals surface area contributed by atoms with Gasteiger partial charge in [0.05, 0.1) is 11.5 Å². The fourth-order valence-corrected chi connectivity index (χ4v) is 3.21. The Kier molecular flexibility index (Phi) is 5.35. The van der Waals surface area contributed by atoms with Gasteiger partial charge in [-0.05, 0) is 45.4 Å². The van der Waals surface area contributed by atoms with Crippen molar-refractivity contribution < 1.29 is 13.5 Å². The number of aryl methyl sites for hydroxylation is 1. The molecule has 0 fully saturated rings. The Morgan fingerprint density at radius 1 is 1.30 bits per heavy atom. The van der Waals surface area contributed by atoms with Crippen LogP contribution in [0.25, 0.3) is 0 Å². The number of aliphatic hydroxyl groups excluding tert-OH is 1. The van der Waals surface area contributed by atoms with Gasteiger partial charge in [0.25, 0.3) is 0 Å². The molecule has 1 aromatic carbocycles. The highest BCUT2D eigenvalue weighted by atomic mass is 32.2. The molecule has 0 aliphatic rings. The Morgan fingerprint density at radius 3 is 2.50 bits per heavy atom. The predicted octanol–water partition coefficient (Wildman–Crippen LogP) is 1.81. The van der Waals surface area contributed by atoms with E-state index in [-0.39, 0.29) is 11.5 Å². The van der Waals surface area contributed by atoms with Crippen LogP contribution in [0.2, 0.25) is 0 Å². The van der Waals surface area contributed by atoms with E-state index in [1.165, 1.54) is 0 Å². The third-order valence-electron chi connectivity index (χ3n) is 2.32. The summed E-state index contributed by atoms with van der Waals surface area (Å²) in [7, 11) is -3.62. The van der Waals surface area contributed by atoms with Crippen molar-refractivity contribution in [3.05, 3.63) is 29.3 Å². The van der Waals surface area contributed by atoms with Crippen LogP contribution in [0.4, 0.5) is 0 Å². The highest BCUT2D eigenvalue weighted by molar-refractivity contribution is 7.89. The Bertz CT molecular complexity index is 631. The van der Waals surface area contributed by atoms with Gasteiger partial charge in [-0.25, -0.2) is 13.1 Å². The van der Waals surface area contributed by atoms with Crippen molar-refractivity contribution in [1.29, 1.82) is 0 Å². The highest BCUT2D eigenvalue weighted by Gasteiger charge is 2.24. The lowest BCUT2D eigenvalue weighted by atomic mass is 10.1. The highest BCUT2D eigenvalue weighted by Crippen LogP contribution is 2.18. The van der Waals surface area contributed by atoms with Crippen molar-refractivity contribution in [3.8, 4) is 11.8 Å². The van der Waals surface area contributed by atoms with Gasteiger partial charge in [-0.15, -0.1) is 0 Å². The molecule has 0 radical (unpaired) electrons. The quantitative estimate of drug-likeness (QED) is 0.836. The fourth-order valence-electron chi connectivity index (χ4n) is 1.65. The lowest BCUT2D eigenvalue weighted by molar-refractivity contribution is 0.305. The van der Waals surface area contributed by atoms with E-state index in [9.17, 15) is 8.42 Å². The minimum Gasteiger partial charge on any atom is -0.395 e. The third-order valence-corrected chi connectivity index (χ3v) is 4.14. The summed E-state index contributed by atoms with van der Waals surface area (Å²) < 4.78 is 27.4. The van der Waals surface area contributed by atoms with E-state index < -0.39 is 15.6 Å². The Hall–Kier alpha value is -1.35. The van der Waals surface area contributed by atoms with Crippen molar-refractivity contribution in [2.45, 2.75) is 44.6 Å². The SMILES string of the molecule is Cc1ccc(S(=O)(=O)NC(C)(C)C)c(C#CCCO)c1. The molecule has 0 aliphatic carbocycles. The van der Waals surface area contributed by atoms with Gasteiger partial charge in [0.1, 0.15) is 0 Å². The molecule has 0 saturated heterocycles. The zero-order valence-corrected chi connectivity index (χ0v) is 13.1. The molecule has 20 heavy (non-hydrogen) atoms. The molecular formula is C15H21NO3S. The average Bonchev–Trinajstić information content (AvgIpc) is 2.25. The van der Waals surface area contributed by atoms with Crippen molar-refractivity contribution >= 4 is 10.0 Å². The van der Waals surface area contributed by atoms with E-state index in [0.717, 1.165) is 5.56 Å². The number of rotatable bonds is 3. The maximum atomic E-state index is 12.4. The van der Waals surface area contributed by atoms with Crippen LogP contribution in [-0.2, 0) is 10.0 Å². The van der Waals surface area contributed by atoms with Crippen molar-refractivity contribution in [1.82, 2.24) is 4.72 Å². The minimum atomic E-state index is -3.62. The summed E-state index contributed by atoms with van der Waals surface area (Å²) in [5.74, 6) is 5.58. The molecule has 4 nitrogen and oxygen atoms in total. The zero-order valence-electron chi connectivity index (χ0n) is 12.3. The molecule has 2 N–H and O–H groups in total. The van der Waals surface area contributed by atoms with Crippen molar-refractivity contribution in [3.63, 3.8) is 0 Å². The molecule has 0 atom stereocenters. The summed E-state index contributed by atoms with van der Waals surface area (Å²) in [5, 5.41) is 8.75. The summed E-state index contributed by atoms with van der Waals surface area (Å²) in [6, 6.07) is 5.04. The largest absolute Gasteiger partial charge is 0.395 e. The van der Waals surface area contributed by atoms with E-state index >= 15 is 0 Å². The lowest BCUT2D eigenvalue weighted by Gasteiger charge is -2.21. The molecule has 0 amide bonds. The minimum absolute atomic E-state index is 0.0405. The molecular weight excluding hydrogens is 274 g/mol. The van der Waals surface area contributed by atoms with Gasteiger partial charge >= 0.3 is 0 Å². The smallest absolute Gasteiger partial charge is 0.242 e. The molecule has 0 aromatic heterocycles. The number of hydrogen-bond acceptors (Lipinski definition) is 3. The molecule has 0 bridgehead atoms. The monoisotopic (exact) mass is 295 g/mol. The number of nitrogens with one attached hydrogen (secondary N) is 1. The molecule has 1 rings (SSSR count). The molecule has 0 spiro atoms. The van der Waals surface area contributed by atoms with Gasteiger partial charge in [0.15, 0.2) is 0 Å². The maximum Gasteiger partial charge on any atom is 0.242 e. The van der Waals surface area contributed by atoms with E-state index in [2.05, 4.69) is 16.6 Å². The topological polar surface area (TPSA) is 66.4 Å². The first-order valence-electron chi connectivity index (χ1n) is 6.40. The van der Waals surface area contributed by atoms with Crippen LogP contribution in [0, 0.1) is 18.8 Å². The second kappa shape index (κ2) is 6.40. The molecule has 0 saturated carbocycles. The number of sulfonamides is 1. The first-order chi connectivity index (χ1) is 9.15. The summed E-state index contributed by atoms with van der Waals surface area (Å²) in [4.78, 5) is 0.170. The van der Waals surface area contributed by atoms with E-state index in [4.69, 9.17) is 5.11 Å². The Balaban J connectivity index is 3.28. The number of hydrogen-bond donors (Lipinski definition) is 2. The van der Waals surface area contributed by atoms with E-state index in [0.29, 0.717) is 12.0 Å². The molecule has 0 unspecified atom stereocenters. The molecule has 0 heterocycles. The van der Waals surface area contributed by atoms with Gasteiger partial charge in [-0.1, -0.05) is 17.9 Å². The molecule has 0 aliphatic heterocycles. The lowest BCUT2D eigenvalue weighted by Crippen LogP contribution is -2.40. The summed E-state index contributed by atoms with van der Waals surface area (Å²) in [6.07, 6.45) is 0.320. The fraction of sp³-hybridized carbons (Fsp3) is 0.467. The van der Waals surface area contributed by atoms with E-state index in [1.807, 2.05) is 6.92 Å². The van der Waals surface area contributed by atoms with Crippen molar-refractivity contribution in [2.24, 2.45) is 0 Å². The van der Waals surface area contributed by atoms with Gasteiger partial charge in [0.2, 0.25) is 10.0 Å². The van der Waals surface area contributed by atoms with Crippen LogP contribution in [0.3, 0.4) is 0 Å². The standard InChI is InChI=1S/C15H21NO3S/c1-12-8-9-14(13(11-12)7-5-6-10-17)20(18,19)16-15(2,3)4/h8-9,11,16-17H,6,10H2,1-4H3. The van der Waals surface area contributed by atoms with Gasteiger partial charge in [-0.3, -0.25) is 0 Å². The predicted molar refractivity (Wildman–Crippen MR) is 79.8 cm³/mol. The molecule has 5 heteroatoms. The van der Waals surface area contributed by atoms with Crippen LogP contribution in [0.1, 0.15) is 38.3 Å². The van der Waals surface area contributed by atoms with Crippen LogP contribution in [-0.4, -0.2) is 25.7 Å². The first kappa shape index (κ1) is 16.7. The first-order valence-corrected chi connectivity index (χ1v) is 7.88. The van der Waals surface area contributed by atoms with Gasteiger partial charge < -0.3 is 5.11 Å². The number of benzene rings is 1. The van der Waals surface area contributed by atoms with E-state index in [1.54, 1.807) is 39.0 Å². The second-order valence-electron chi connectivity index (χ2n) is 5.63. The van der Waals surface area contributed by atoms with Gasteiger partial charge in [0, 0.05) is 17.5 Å². The third kappa shape index (κ3) is 4.97. The second-order valence-corrected chi connectivity index (χ2v) is 7.28. The van der Waals surface area contributed by atoms with Crippen LogP contribution in [0.15, 0.2) is 23.1 Å². The summed E-state index contributed by atoms with van der Waals surface area (Å²) in [6.45, 7) is 7.20. The van der Waals surface area contributed by atoms with Crippen molar-refractivity contribution in [2.75, 3.05) is 6.61 Å².